The number of fused-ring (bicyclic) bond motifs is 3. The Labute approximate surface area is 182 Å². The van der Waals surface area contributed by atoms with E-state index in [1.165, 1.54) is 5.56 Å². The minimum Gasteiger partial charge on any atom is -0.497 e. The summed E-state index contributed by atoms with van der Waals surface area (Å²) in [6, 6.07) is 14.5. The second-order valence-corrected chi connectivity index (χ2v) is 9.28. The third-order valence-corrected chi connectivity index (χ3v) is 7.58. The van der Waals surface area contributed by atoms with Crippen molar-refractivity contribution < 1.29 is 14.6 Å². The molecule has 0 radical (unpaired) electrons. The van der Waals surface area contributed by atoms with Crippen molar-refractivity contribution in [2.45, 2.75) is 44.2 Å². The second-order valence-electron chi connectivity index (χ2n) is 9.28. The lowest BCUT2D eigenvalue weighted by Crippen LogP contribution is -2.48. The maximum absolute atomic E-state index is 10.4. The van der Waals surface area contributed by atoms with Crippen molar-refractivity contribution in [1.82, 2.24) is 0 Å². The molecule has 1 fully saturated rings. The molecule has 2 aromatic rings. The van der Waals surface area contributed by atoms with Crippen LogP contribution in [0.3, 0.4) is 0 Å². The number of aliphatic imine (C=N–C) groups is 1. The zero-order valence-corrected chi connectivity index (χ0v) is 17.9. The van der Waals surface area contributed by atoms with Gasteiger partial charge in [0.25, 0.3) is 6.02 Å². The third kappa shape index (κ3) is 2.91. The van der Waals surface area contributed by atoms with Crippen molar-refractivity contribution in [2.24, 2.45) is 22.1 Å². The van der Waals surface area contributed by atoms with Crippen molar-refractivity contribution in [3.8, 4) is 22.9 Å². The summed E-state index contributed by atoms with van der Waals surface area (Å²) in [6.07, 6.45) is 3.17. The van der Waals surface area contributed by atoms with E-state index in [1.807, 2.05) is 12.1 Å². The van der Waals surface area contributed by atoms with E-state index >= 15 is 0 Å². The van der Waals surface area contributed by atoms with Crippen LogP contribution < -0.4 is 10.5 Å². The van der Waals surface area contributed by atoms with Crippen LogP contribution in [0.1, 0.15) is 42.9 Å². The lowest BCUT2D eigenvalue weighted by molar-refractivity contribution is -0.0253. The molecule has 160 valence electrons. The zero-order valence-electron chi connectivity index (χ0n) is 17.9. The number of nitrogens with two attached hydrogens (primary N) is 1. The number of methoxy groups -OCH3 is 1. The molecule has 2 aromatic carbocycles. The van der Waals surface area contributed by atoms with Gasteiger partial charge < -0.3 is 20.3 Å². The number of hydrogen-bond donors (Lipinski definition) is 2. The lowest BCUT2D eigenvalue weighted by atomic mass is 9.59. The van der Waals surface area contributed by atoms with Crippen LogP contribution in [0.4, 0.5) is 0 Å². The average Bonchev–Trinajstić information content (AvgIpc) is 3.29. The standard InChI is InChI=1S/C25H27N3O3/c1-15-11-24(6-5-22(15)29)12-18-4-3-17(10-21(18)25(24)14-31-23(27)28-25)19-7-16(13-26)8-20(9-19)30-2/h3-4,7-10,15,22,29H,5-6,11-12,14H2,1-2H3,(H2,27,28)/t15-,22-,24-,25?/m0/s1. The first-order chi connectivity index (χ1) is 14.9. The quantitative estimate of drug-likeness (QED) is 0.779. The molecule has 31 heavy (non-hydrogen) atoms. The summed E-state index contributed by atoms with van der Waals surface area (Å²) >= 11 is 0. The molecule has 2 aliphatic carbocycles. The summed E-state index contributed by atoms with van der Waals surface area (Å²) in [7, 11) is 1.60. The Morgan fingerprint density at radius 3 is 2.77 bits per heavy atom. The van der Waals surface area contributed by atoms with Gasteiger partial charge in [0, 0.05) is 5.41 Å². The maximum Gasteiger partial charge on any atom is 0.283 e. The first-order valence-electron chi connectivity index (χ1n) is 10.8. The van der Waals surface area contributed by atoms with Crippen molar-refractivity contribution in [3.05, 3.63) is 53.1 Å². The van der Waals surface area contributed by atoms with Gasteiger partial charge in [0.2, 0.25) is 0 Å². The van der Waals surface area contributed by atoms with Crippen LogP contribution in [-0.2, 0) is 16.7 Å². The van der Waals surface area contributed by atoms with Gasteiger partial charge in [-0.25, -0.2) is 4.99 Å². The van der Waals surface area contributed by atoms with Crippen LogP contribution >= 0.6 is 0 Å². The van der Waals surface area contributed by atoms with Gasteiger partial charge in [-0.2, -0.15) is 5.26 Å². The molecule has 1 aliphatic heterocycles. The molecule has 0 bridgehead atoms. The third-order valence-electron chi connectivity index (χ3n) is 7.58. The number of aliphatic hydroxyl groups excluding tert-OH is 1. The fourth-order valence-corrected chi connectivity index (χ4v) is 5.98. The van der Waals surface area contributed by atoms with Crippen LogP contribution in [-0.4, -0.2) is 30.9 Å². The van der Waals surface area contributed by atoms with Crippen molar-refractivity contribution in [2.75, 3.05) is 13.7 Å². The van der Waals surface area contributed by atoms with Crippen LogP contribution in [0, 0.1) is 22.7 Å². The molecule has 0 aromatic heterocycles. The van der Waals surface area contributed by atoms with Gasteiger partial charge in [0.05, 0.1) is 24.8 Å². The molecule has 1 heterocycles. The van der Waals surface area contributed by atoms with Gasteiger partial charge in [0.1, 0.15) is 17.9 Å². The number of benzene rings is 2. The molecule has 6 heteroatoms. The molecule has 3 N–H and O–H groups in total. The Morgan fingerprint density at radius 2 is 2.10 bits per heavy atom. The summed E-state index contributed by atoms with van der Waals surface area (Å²) in [6.45, 7) is 2.55. The Kier molecular flexibility index (Phi) is 4.49. The van der Waals surface area contributed by atoms with Gasteiger partial charge in [-0.1, -0.05) is 19.1 Å². The van der Waals surface area contributed by atoms with Gasteiger partial charge in [0.15, 0.2) is 0 Å². The van der Waals surface area contributed by atoms with E-state index < -0.39 is 5.54 Å². The number of aliphatic hydroxyl groups is 1. The summed E-state index contributed by atoms with van der Waals surface area (Å²) in [4.78, 5) is 4.91. The molecule has 4 atom stereocenters. The number of hydrogen-bond acceptors (Lipinski definition) is 6. The van der Waals surface area contributed by atoms with Crippen molar-refractivity contribution in [1.29, 1.82) is 5.26 Å². The highest BCUT2D eigenvalue weighted by atomic mass is 16.5. The van der Waals surface area contributed by atoms with Gasteiger partial charge in [-0.05, 0) is 78.1 Å². The molecule has 6 nitrogen and oxygen atoms in total. The second kappa shape index (κ2) is 7.00. The molecule has 0 amide bonds. The Hall–Kier alpha value is -3.04. The topological polar surface area (TPSA) is 101 Å². The molecular formula is C25H27N3O3. The fourth-order valence-electron chi connectivity index (χ4n) is 5.98. The van der Waals surface area contributed by atoms with E-state index in [2.05, 4.69) is 31.2 Å². The zero-order chi connectivity index (χ0) is 21.8. The van der Waals surface area contributed by atoms with Crippen LogP contribution in [0.5, 0.6) is 5.75 Å². The van der Waals surface area contributed by atoms with E-state index in [4.69, 9.17) is 20.2 Å². The Morgan fingerprint density at radius 1 is 1.26 bits per heavy atom. The predicted octanol–water partition coefficient (Wildman–Crippen LogP) is 3.50. The molecule has 2 spiro atoms. The number of nitrogens with zero attached hydrogens (tertiary/aromatic N) is 2. The molecule has 1 saturated carbocycles. The Balaban J connectivity index is 1.64. The number of ether oxygens (including phenoxy) is 2. The SMILES string of the molecule is COc1cc(C#N)cc(-c2ccc3c(c2)C2(COC(N)=N2)[C@]2(CC[C@H](O)[C@@H](C)C2)C3)c1. The fraction of sp³-hybridized carbons (Fsp3) is 0.440. The number of nitriles is 1. The first-order valence-corrected chi connectivity index (χ1v) is 10.8. The lowest BCUT2D eigenvalue weighted by Gasteiger charge is -2.47. The first kappa shape index (κ1) is 19.9. The van der Waals surface area contributed by atoms with Gasteiger partial charge >= 0.3 is 0 Å². The molecule has 0 saturated heterocycles. The molecule has 5 rings (SSSR count). The number of amidine groups is 1. The highest BCUT2D eigenvalue weighted by Crippen LogP contribution is 2.62. The van der Waals surface area contributed by atoms with Crippen LogP contribution in [0.25, 0.3) is 11.1 Å². The summed E-state index contributed by atoms with van der Waals surface area (Å²) in [5.41, 5.74) is 10.3. The average molecular weight is 418 g/mol. The minimum absolute atomic E-state index is 0.111. The smallest absolute Gasteiger partial charge is 0.283 e. The van der Waals surface area contributed by atoms with E-state index in [0.29, 0.717) is 17.9 Å². The van der Waals surface area contributed by atoms with Crippen molar-refractivity contribution >= 4 is 6.02 Å². The highest BCUT2D eigenvalue weighted by molar-refractivity contribution is 5.76. The van der Waals surface area contributed by atoms with E-state index in [-0.39, 0.29) is 23.5 Å². The molecular weight excluding hydrogens is 390 g/mol. The predicted molar refractivity (Wildman–Crippen MR) is 118 cm³/mol. The highest BCUT2D eigenvalue weighted by Gasteiger charge is 2.62. The molecule has 3 aliphatic rings. The van der Waals surface area contributed by atoms with Gasteiger partial charge in [-0.3, -0.25) is 0 Å². The summed E-state index contributed by atoms with van der Waals surface area (Å²) in [5.74, 6) is 0.857. The molecule has 1 unspecified atom stereocenters. The summed E-state index contributed by atoms with van der Waals surface area (Å²) in [5, 5.41) is 19.8. The largest absolute Gasteiger partial charge is 0.497 e. The van der Waals surface area contributed by atoms with E-state index in [9.17, 15) is 10.4 Å². The normalized spacial score (nSPS) is 31.2. The van der Waals surface area contributed by atoms with E-state index in [0.717, 1.165) is 42.4 Å². The Bertz CT molecular complexity index is 1120. The van der Waals surface area contributed by atoms with E-state index in [1.54, 1.807) is 13.2 Å². The van der Waals surface area contributed by atoms with Crippen molar-refractivity contribution in [3.63, 3.8) is 0 Å². The maximum atomic E-state index is 10.4. The van der Waals surface area contributed by atoms with Crippen LogP contribution in [0.15, 0.2) is 41.4 Å². The number of rotatable bonds is 2. The van der Waals surface area contributed by atoms with Gasteiger partial charge in [-0.15, -0.1) is 0 Å². The van der Waals surface area contributed by atoms with Crippen LogP contribution in [0.2, 0.25) is 0 Å². The summed E-state index contributed by atoms with van der Waals surface area (Å²) < 4.78 is 11.2. The monoisotopic (exact) mass is 417 g/mol. The minimum atomic E-state index is -0.534.